The number of rotatable bonds is 4. The van der Waals surface area contributed by atoms with Crippen molar-refractivity contribution in [1.29, 1.82) is 0 Å². The maximum atomic E-state index is 13.1. The van der Waals surface area contributed by atoms with E-state index >= 15 is 0 Å². The number of H-pyrrole nitrogens is 1. The molecule has 19 heavy (non-hydrogen) atoms. The van der Waals surface area contributed by atoms with Crippen molar-refractivity contribution in [3.05, 3.63) is 48.0 Å². The largest absolute Gasteiger partial charge is 0.390 e. The van der Waals surface area contributed by atoms with Gasteiger partial charge in [0.1, 0.15) is 10.7 Å². The van der Waals surface area contributed by atoms with Crippen LogP contribution in [0.25, 0.3) is 0 Å². The van der Waals surface area contributed by atoms with E-state index in [4.69, 9.17) is 5.11 Å². The fourth-order valence-corrected chi connectivity index (χ4v) is 2.83. The highest BCUT2D eigenvalue weighted by Gasteiger charge is 2.22. The molecule has 0 aliphatic carbocycles. The molecule has 0 radical (unpaired) electrons. The predicted octanol–water partition coefficient (Wildman–Crippen LogP) is 1.47. The van der Waals surface area contributed by atoms with Gasteiger partial charge in [0.2, 0.25) is 0 Å². The zero-order valence-corrected chi connectivity index (χ0v) is 11.0. The lowest BCUT2D eigenvalue weighted by molar-refractivity contribution is 0.277. The van der Waals surface area contributed by atoms with E-state index in [2.05, 4.69) is 4.98 Å². The smallest absolute Gasteiger partial charge is 0.265 e. The zero-order chi connectivity index (χ0) is 14.0. The molecule has 1 aromatic heterocycles. The van der Waals surface area contributed by atoms with Crippen molar-refractivity contribution in [2.45, 2.75) is 11.5 Å². The van der Waals surface area contributed by atoms with Gasteiger partial charge in [-0.3, -0.25) is 4.31 Å². The Morgan fingerprint density at radius 3 is 2.68 bits per heavy atom. The molecule has 7 heteroatoms. The van der Waals surface area contributed by atoms with Gasteiger partial charge in [0.15, 0.2) is 0 Å². The Balaban J connectivity index is 2.39. The number of nitrogens with one attached hydrogen (secondary N) is 1. The quantitative estimate of drug-likeness (QED) is 0.893. The van der Waals surface area contributed by atoms with Crippen LogP contribution < -0.4 is 4.31 Å². The molecule has 0 atom stereocenters. The van der Waals surface area contributed by atoms with Gasteiger partial charge < -0.3 is 10.1 Å². The van der Waals surface area contributed by atoms with Crippen LogP contribution in [0.3, 0.4) is 0 Å². The maximum absolute atomic E-state index is 13.1. The van der Waals surface area contributed by atoms with E-state index in [9.17, 15) is 12.8 Å². The number of benzene rings is 1. The van der Waals surface area contributed by atoms with E-state index in [0.717, 1.165) is 10.4 Å². The van der Waals surface area contributed by atoms with E-state index in [-0.39, 0.29) is 17.2 Å². The van der Waals surface area contributed by atoms with E-state index < -0.39 is 15.8 Å². The van der Waals surface area contributed by atoms with Crippen molar-refractivity contribution < 1.29 is 17.9 Å². The van der Waals surface area contributed by atoms with Crippen molar-refractivity contribution >= 4 is 15.7 Å². The third kappa shape index (κ3) is 2.61. The SMILES string of the molecule is CN(c1cccc(F)c1)S(=O)(=O)c1c[nH]c(CO)c1. The fourth-order valence-electron chi connectivity index (χ4n) is 1.63. The number of hydrogen-bond acceptors (Lipinski definition) is 3. The van der Waals surface area contributed by atoms with Gasteiger partial charge in [-0.1, -0.05) is 6.07 Å². The highest BCUT2D eigenvalue weighted by molar-refractivity contribution is 7.92. The summed E-state index contributed by atoms with van der Waals surface area (Å²) in [5.74, 6) is -0.510. The molecule has 0 amide bonds. The highest BCUT2D eigenvalue weighted by Crippen LogP contribution is 2.23. The lowest BCUT2D eigenvalue weighted by Gasteiger charge is -2.18. The Labute approximate surface area is 110 Å². The minimum absolute atomic E-state index is 0.0170. The number of aliphatic hydroxyl groups excluding tert-OH is 1. The normalized spacial score (nSPS) is 11.5. The van der Waals surface area contributed by atoms with Crippen LogP contribution in [0, 0.1) is 5.82 Å². The molecule has 0 spiro atoms. The molecular weight excluding hydrogens is 271 g/mol. The number of aromatic amines is 1. The van der Waals surface area contributed by atoms with E-state index in [0.29, 0.717) is 5.69 Å². The highest BCUT2D eigenvalue weighted by atomic mass is 32.2. The second-order valence-electron chi connectivity index (χ2n) is 3.97. The molecular formula is C12H13FN2O3S. The molecule has 102 valence electrons. The molecule has 1 heterocycles. The van der Waals surface area contributed by atoms with Crippen LogP contribution in [-0.4, -0.2) is 25.6 Å². The Morgan fingerprint density at radius 1 is 1.37 bits per heavy atom. The van der Waals surface area contributed by atoms with E-state index in [1.807, 2.05) is 0 Å². The number of anilines is 1. The van der Waals surface area contributed by atoms with Gasteiger partial charge in [0, 0.05) is 18.9 Å². The first-order valence-electron chi connectivity index (χ1n) is 5.48. The molecule has 5 nitrogen and oxygen atoms in total. The molecule has 0 bridgehead atoms. The second-order valence-corrected chi connectivity index (χ2v) is 5.94. The average molecular weight is 284 g/mol. The summed E-state index contributed by atoms with van der Waals surface area (Å²) in [6, 6.07) is 6.65. The van der Waals surface area contributed by atoms with Gasteiger partial charge in [-0.25, -0.2) is 12.8 Å². The first-order valence-corrected chi connectivity index (χ1v) is 6.92. The Kier molecular flexibility index (Phi) is 3.59. The predicted molar refractivity (Wildman–Crippen MR) is 68.7 cm³/mol. The van der Waals surface area contributed by atoms with E-state index in [1.54, 1.807) is 0 Å². The molecule has 1 aromatic carbocycles. The summed E-state index contributed by atoms with van der Waals surface area (Å²) in [4.78, 5) is 2.67. The molecule has 2 rings (SSSR count). The number of sulfonamides is 1. The summed E-state index contributed by atoms with van der Waals surface area (Å²) in [5.41, 5.74) is 0.623. The molecule has 0 saturated carbocycles. The Bertz CT molecular complexity index is 682. The molecule has 0 aliphatic heterocycles. The van der Waals surface area contributed by atoms with Gasteiger partial charge in [-0.05, 0) is 24.3 Å². The van der Waals surface area contributed by atoms with Gasteiger partial charge in [-0.2, -0.15) is 0 Å². The van der Waals surface area contributed by atoms with Gasteiger partial charge in [0.25, 0.3) is 10.0 Å². The number of aliphatic hydroxyl groups is 1. The van der Waals surface area contributed by atoms with Gasteiger partial charge in [0.05, 0.1) is 12.3 Å². The summed E-state index contributed by atoms with van der Waals surface area (Å²) < 4.78 is 38.7. The Morgan fingerprint density at radius 2 is 2.11 bits per heavy atom. The lowest BCUT2D eigenvalue weighted by atomic mass is 10.3. The maximum Gasteiger partial charge on any atom is 0.265 e. The molecule has 0 aliphatic rings. The van der Waals surface area contributed by atoms with Crippen LogP contribution in [0.5, 0.6) is 0 Å². The summed E-state index contributed by atoms with van der Waals surface area (Å²) in [5, 5.41) is 8.92. The van der Waals surface area contributed by atoms with Crippen LogP contribution in [0.4, 0.5) is 10.1 Å². The van der Waals surface area contributed by atoms with Crippen LogP contribution in [0.1, 0.15) is 5.69 Å². The monoisotopic (exact) mass is 284 g/mol. The Hall–Kier alpha value is -1.86. The van der Waals surface area contributed by atoms with Crippen molar-refractivity contribution in [3.8, 4) is 0 Å². The van der Waals surface area contributed by atoms with Crippen LogP contribution in [0.2, 0.25) is 0 Å². The van der Waals surface area contributed by atoms with Crippen molar-refractivity contribution in [2.75, 3.05) is 11.4 Å². The third-order valence-corrected chi connectivity index (χ3v) is 4.48. The standard InChI is InChI=1S/C12H13FN2O3S/c1-15(11-4-2-3-9(13)5-11)19(17,18)12-6-10(8-16)14-7-12/h2-7,14,16H,8H2,1H3. The molecule has 2 N–H and O–H groups in total. The zero-order valence-electron chi connectivity index (χ0n) is 10.2. The van der Waals surface area contributed by atoms with Gasteiger partial charge in [-0.15, -0.1) is 0 Å². The summed E-state index contributed by atoms with van der Waals surface area (Å²) in [7, 11) is -2.43. The van der Waals surface area contributed by atoms with Gasteiger partial charge >= 0.3 is 0 Å². The van der Waals surface area contributed by atoms with Crippen molar-refractivity contribution in [2.24, 2.45) is 0 Å². The molecule has 2 aromatic rings. The minimum atomic E-state index is -3.77. The fraction of sp³-hybridized carbons (Fsp3) is 0.167. The average Bonchev–Trinajstić information content (AvgIpc) is 2.87. The number of nitrogens with zero attached hydrogens (tertiary/aromatic N) is 1. The van der Waals surface area contributed by atoms with Crippen molar-refractivity contribution in [3.63, 3.8) is 0 Å². The topological polar surface area (TPSA) is 73.4 Å². The summed E-state index contributed by atoms with van der Waals surface area (Å²) in [6.07, 6.45) is 1.29. The molecule has 0 unspecified atom stereocenters. The van der Waals surface area contributed by atoms with Crippen molar-refractivity contribution in [1.82, 2.24) is 4.98 Å². The first-order chi connectivity index (χ1) is 8.95. The number of aromatic nitrogens is 1. The van der Waals surface area contributed by atoms with E-state index in [1.165, 1.54) is 37.5 Å². The first kappa shape index (κ1) is 13.6. The van der Waals surface area contributed by atoms with Crippen LogP contribution >= 0.6 is 0 Å². The number of halogens is 1. The molecule has 0 fully saturated rings. The van der Waals surface area contributed by atoms with Crippen LogP contribution in [-0.2, 0) is 16.6 Å². The minimum Gasteiger partial charge on any atom is -0.390 e. The second kappa shape index (κ2) is 5.02. The molecule has 0 saturated heterocycles. The summed E-state index contributed by atoms with van der Waals surface area (Å²) in [6.45, 7) is -0.279. The van der Waals surface area contributed by atoms with Crippen LogP contribution in [0.15, 0.2) is 41.4 Å². The third-order valence-electron chi connectivity index (χ3n) is 2.72. The number of hydrogen-bond donors (Lipinski definition) is 2. The lowest BCUT2D eigenvalue weighted by Crippen LogP contribution is -2.26. The summed E-state index contributed by atoms with van der Waals surface area (Å²) >= 11 is 0.